The Morgan fingerprint density at radius 2 is 1.92 bits per heavy atom. The Morgan fingerprint density at radius 1 is 1.21 bits per heavy atom. The average molecular weight is 435 g/mol. The number of aromatic nitrogens is 2. The Labute approximate surface area is 152 Å². The lowest BCUT2D eigenvalue weighted by Gasteiger charge is -2.19. The first-order valence-electron chi connectivity index (χ1n) is 7.34. The molecule has 6 heteroatoms. The van der Waals surface area contributed by atoms with E-state index < -0.39 is 6.04 Å². The Bertz CT molecular complexity index is 861. The third-order valence-corrected chi connectivity index (χ3v) is 4.65. The number of imidazole rings is 1. The molecule has 0 spiro atoms. The molecular formula is C18H15FIN3O. The lowest BCUT2D eigenvalue weighted by atomic mass is 10.1. The lowest BCUT2D eigenvalue weighted by molar-refractivity contribution is 0.0940. The van der Waals surface area contributed by atoms with Crippen molar-refractivity contribution in [3.05, 3.63) is 87.3 Å². The van der Waals surface area contributed by atoms with Crippen molar-refractivity contribution >= 4 is 28.5 Å². The number of amides is 1. The third kappa shape index (κ3) is 3.48. The van der Waals surface area contributed by atoms with Crippen LogP contribution < -0.4 is 5.32 Å². The van der Waals surface area contributed by atoms with Gasteiger partial charge in [-0.3, -0.25) is 4.79 Å². The molecule has 0 aliphatic carbocycles. The zero-order valence-corrected chi connectivity index (χ0v) is 15.1. The number of hydrogen-bond acceptors (Lipinski definition) is 2. The normalized spacial score (nSPS) is 12.0. The zero-order chi connectivity index (χ0) is 17.1. The first-order chi connectivity index (χ1) is 11.6. The summed E-state index contributed by atoms with van der Waals surface area (Å²) in [4.78, 5) is 17.0. The van der Waals surface area contributed by atoms with Gasteiger partial charge in [0.05, 0.1) is 5.56 Å². The summed E-state index contributed by atoms with van der Waals surface area (Å²) in [6.07, 6.45) is 3.48. The van der Waals surface area contributed by atoms with Crippen molar-refractivity contribution in [3.63, 3.8) is 0 Å². The van der Waals surface area contributed by atoms with Crippen LogP contribution in [0.4, 0.5) is 4.39 Å². The molecule has 24 heavy (non-hydrogen) atoms. The molecular weight excluding hydrogens is 420 g/mol. The standard InChI is InChI=1S/C18H15FIN3O/c1-23-11-10-21-17(23)16(12-6-8-13(19)9-7-12)22-18(24)14-4-2-3-5-15(14)20/h2-11,16H,1H3,(H,22,24). The number of nitrogens with zero attached hydrogens (tertiary/aromatic N) is 2. The van der Waals surface area contributed by atoms with Crippen molar-refractivity contribution < 1.29 is 9.18 Å². The fraction of sp³-hybridized carbons (Fsp3) is 0.111. The molecule has 122 valence electrons. The fourth-order valence-corrected chi connectivity index (χ4v) is 3.09. The van der Waals surface area contributed by atoms with Gasteiger partial charge in [0.15, 0.2) is 0 Å². The summed E-state index contributed by atoms with van der Waals surface area (Å²) in [6, 6.07) is 13.0. The van der Waals surface area contributed by atoms with Crippen LogP contribution in [0.3, 0.4) is 0 Å². The highest BCUT2D eigenvalue weighted by Gasteiger charge is 2.22. The van der Waals surface area contributed by atoms with Gasteiger partial charge < -0.3 is 9.88 Å². The molecule has 4 nitrogen and oxygen atoms in total. The SMILES string of the molecule is Cn1ccnc1C(NC(=O)c1ccccc1I)c1ccc(F)cc1. The molecule has 1 amide bonds. The van der Waals surface area contributed by atoms with Gasteiger partial charge in [-0.15, -0.1) is 0 Å². The Morgan fingerprint density at radius 3 is 2.54 bits per heavy atom. The van der Waals surface area contributed by atoms with E-state index in [9.17, 15) is 9.18 Å². The van der Waals surface area contributed by atoms with Gasteiger partial charge in [0.2, 0.25) is 0 Å². The molecule has 0 saturated carbocycles. The highest BCUT2D eigenvalue weighted by molar-refractivity contribution is 14.1. The molecule has 1 atom stereocenters. The third-order valence-electron chi connectivity index (χ3n) is 3.71. The van der Waals surface area contributed by atoms with Gasteiger partial charge in [-0.25, -0.2) is 9.37 Å². The van der Waals surface area contributed by atoms with E-state index >= 15 is 0 Å². The van der Waals surface area contributed by atoms with Crippen molar-refractivity contribution in [2.24, 2.45) is 7.05 Å². The van der Waals surface area contributed by atoms with Crippen molar-refractivity contribution in [1.29, 1.82) is 0 Å². The molecule has 1 aromatic heterocycles. The molecule has 1 unspecified atom stereocenters. The monoisotopic (exact) mass is 435 g/mol. The summed E-state index contributed by atoms with van der Waals surface area (Å²) in [5.41, 5.74) is 1.37. The molecule has 0 aliphatic rings. The van der Waals surface area contributed by atoms with E-state index in [-0.39, 0.29) is 11.7 Å². The highest BCUT2D eigenvalue weighted by Crippen LogP contribution is 2.22. The predicted octanol–water partition coefficient (Wildman–Crippen LogP) is 3.68. The Hall–Kier alpha value is -2.22. The molecule has 0 aliphatic heterocycles. The van der Waals surface area contributed by atoms with Crippen LogP contribution in [0.2, 0.25) is 0 Å². The molecule has 3 aromatic rings. The maximum Gasteiger partial charge on any atom is 0.253 e. The van der Waals surface area contributed by atoms with Gasteiger partial charge in [0.1, 0.15) is 17.7 Å². The lowest BCUT2D eigenvalue weighted by Crippen LogP contribution is -2.31. The summed E-state index contributed by atoms with van der Waals surface area (Å²) >= 11 is 2.13. The van der Waals surface area contributed by atoms with Gasteiger partial charge in [0, 0.05) is 23.0 Å². The average Bonchev–Trinajstić information content (AvgIpc) is 2.99. The first kappa shape index (κ1) is 16.6. The molecule has 0 saturated heterocycles. The van der Waals surface area contributed by atoms with Crippen LogP contribution in [0.25, 0.3) is 0 Å². The molecule has 1 heterocycles. The van der Waals surface area contributed by atoms with Gasteiger partial charge in [-0.2, -0.15) is 0 Å². The number of aryl methyl sites for hydroxylation is 1. The second-order valence-electron chi connectivity index (χ2n) is 5.33. The number of benzene rings is 2. The van der Waals surface area contributed by atoms with Crippen molar-refractivity contribution in [1.82, 2.24) is 14.9 Å². The summed E-state index contributed by atoms with van der Waals surface area (Å²) in [7, 11) is 1.86. The number of hydrogen-bond donors (Lipinski definition) is 1. The minimum Gasteiger partial charge on any atom is -0.338 e. The maximum atomic E-state index is 13.2. The fourth-order valence-electron chi connectivity index (χ4n) is 2.46. The number of nitrogens with one attached hydrogen (secondary N) is 1. The summed E-state index contributed by atoms with van der Waals surface area (Å²) < 4.78 is 15.9. The van der Waals surface area contributed by atoms with E-state index in [1.165, 1.54) is 12.1 Å². The summed E-state index contributed by atoms with van der Waals surface area (Å²) in [5.74, 6) is 0.166. The highest BCUT2D eigenvalue weighted by atomic mass is 127. The van der Waals surface area contributed by atoms with Crippen LogP contribution >= 0.6 is 22.6 Å². The van der Waals surface area contributed by atoms with Gasteiger partial charge >= 0.3 is 0 Å². The first-order valence-corrected chi connectivity index (χ1v) is 8.42. The van der Waals surface area contributed by atoms with Crippen LogP contribution in [0.1, 0.15) is 27.8 Å². The molecule has 1 N–H and O–H groups in total. The topological polar surface area (TPSA) is 46.9 Å². The van der Waals surface area contributed by atoms with Crippen LogP contribution in [0.15, 0.2) is 60.9 Å². The Kier molecular flexibility index (Phi) is 4.94. The van der Waals surface area contributed by atoms with Gasteiger partial charge in [-0.05, 0) is 52.4 Å². The van der Waals surface area contributed by atoms with Crippen LogP contribution in [-0.2, 0) is 7.05 Å². The minimum absolute atomic E-state index is 0.197. The summed E-state index contributed by atoms with van der Waals surface area (Å²) in [5, 5.41) is 3.00. The molecule has 3 rings (SSSR count). The van der Waals surface area contributed by atoms with Crippen LogP contribution in [0.5, 0.6) is 0 Å². The van der Waals surface area contributed by atoms with E-state index in [0.717, 1.165) is 9.13 Å². The molecule has 2 aromatic carbocycles. The smallest absolute Gasteiger partial charge is 0.253 e. The second-order valence-corrected chi connectivity index (χ2v) is 6.50. The predicted molar refractivity (Wildman–Crippen MR) is 98.1 cm³/mol. The van der Waals surface area contributed by atoms with E-state index in [2.05, 4.69) is 32.9 Å². The van der Waals surface area contributed by atoms with E-state index in [1.54, 1.807) is 24.4 Å². The van der Waals surface area contributed by atoms with Gasteiger partial charge in [-0.1, -0.05) is 24.3 Å². The van der Waals surface area contributed by atoms with Crippen molar-refractivity contribution in [3.8, 4) is 0 Å². The minimum atomic E-state index is -0.464. The quantitative estimate of drug-likeness (QED) is 0.636. The van der Waals surface area contributed by atoms with E-state index in [1.807, 2.05) is 36.0 Å². The summed E-state index contributed by atoms with van der Waals surface area (Å²) in [6.45, 7) is 0. The maximum absolute atomic E-state index is 13.2. The number of halogens is 2. The number of carbonyl (C=O) groups excluding carboxylic acids is 1. The molecule has 0 radical (unpaired) electrons. The molecule has 0 bridgehead atoms. The number of rotatable bonds is 4. The van der Waals surface area contributed by atoms with Crippen LogP contribution in [-0.4, -0.2) is 15.5 Å². The zero-order valence-electron chi connectivity index (χ0n) is 12.9. The largest absolute Gasteiger partial charge is 0.338 e. The molecule has 0 fully saturated rings. The second kappa shape index (κ2) is 7.12. The van der Waals surface area contributed by atoms with Crippen LogP contribution in [0, 0.1) is 9.39 Å². The van der Waals surface area contributed by atoms with E-state index in [0.29, 0.717) is 11.4 Å². The van der Waals surface area contributed by atoms with Crippen molar-refractivity contribution in [2.45, 2.75) is 6.04 Å². The van der Waals surface area contributed by atoms with E-state index in [4.69, 9.17) is 0 Å². The van der Waals surface area contributed by atoms with Crippen molar-refractivity contribution in [2.75, 3.05) is 0 Å². The van der Waals surface area contributed by atoms with Gasteiger partial charge in [0.25, 0.3) is 5.91 Å². The Balaban J connectivity index is 1.97. The number of carbonyl (C=O) groups is 1.